The molecule has 0 aromatic heterocycles. The number of rotatable bonds is 5. The van der Waals surface area contributed by atoms with Crippen molar-refractivity contribution in [1.82, 2.24) is 0 Å². The lowest BCUT2D eigenvalue weighted by molar-refractivity contribution is 1.30. The number of benzene rings is 7. The first kappa shape index (κ1) is 21.9. The number of para-hydroxylation sites is 1. The van der Waals surface area contributed by atoms with Crippen molar-refractivity contribution in [3.63, 3.8) is 0 Å². The van der Waals surface area contributed by atoms with E-state index in [-0.39, 0.29) is 0 Å². The van der Waals surface area contributed by atoms with Crippen molar-refractivity contribution < 1.29 is 1.37 Å². The molecular formula is C38H27N. The largest absolute Gasteiger partial charge is 0.310 e. The first-order valence-electron chi connectivity index (χ1n) is 13.8. The second-order valence-corrected chi connectivity index (χ2v) is 9.78. The van der Waals surface area contributed by atoms with Crippen molar-refractivity contribution in [3.05, 3.63) is 163 Å². The molecule has 0 spiro atoms. The Labute approximate surface area is 230 Å². The van der Waals surface area contributed by atoms with Gasteiger partial charge < -0.3 is 4.90 Å². The van der Waals surface area contributed by atoms with Crippen LogP contribution in [-0.2, 0) is 0 Å². The van der Waals surface area contributed by atoms with Crippen LogP contribution in [0.2, 0.25) is 0 Å². The normalized spacial score (nSPS) is 12.1. The van der Waals surface area contributed by atoms with E-state index in [1.165, 1.54) is 32.3 Å². The zero-order chi connectivity index (χ0) is 26.9. The molecule has 0 bridgehead atoms. The van der Waals surface area contributed by atoms with Gasteiger partial charge in [-0.25, -0.2) is 0 Å². The molecule has 0 atom stereocenters. The molecule has 0 aliphatic carbocycles. The first-order chi connectivity index (χ1) is 19.7. The fourth-order valence-corrected chi connectivity index (χ4v) is 5.39. The summed E-state index contributed by atoms with van der Waals surface area (Å²) in [6, 6.07) is 53.5. The van der Waals surface area contributed by atoms with Crippen molar-refractivity contribution in [2.45, 2.75) is 0 Å². The Balaban J connectivity index is 1.32. The van der Waals surface area contributed by atoms with Gasteiger partial charge in [0.1, 0.15) is 0 Å². The molecule has 0 saturated carbocycles. The first-order valence-corrected chi connectivity index (χ1v) is 13.3. The highest BCUT2D eigenvalue weighted by molar-refractivity contribution is 6.14. The predicted molar refractivity (Wildman–Crippen MR) is 169 cm³/mol. The molecule has 0 aliphatic rings. The molecule has 0 heterocycles. The zero-order valence-corrected chi connectivity index (χ0v) is 21.5. The van der Waals surface area contributed by atoms with E-state index in [4.69, 9.17) is 1.37 Å². The van der Waals surface area contributed by atoms with E-state index in [2.05, 4.69) is 132 Å². The summed E-state index contributed by atoms with van der Waals surface area (Å²) in [6.07, 6.45) is 1.94. The number of nitrogens with zero attached hydrogens (tertiary/aromatic N) is 1. The van der Waals surface area contributed by atoms with Gasteiger partial charge in [-0.3, -0.25) is 0 Å². The second kappa shape index (κ2) is 9.96. The Hall–Kier alpha value is -5.14. The van der Waals surface area contributed by atoms with Crippen LogP contribution in [0.1, 0.15) is 12.5 Å². The van der Waals surface area contributed by atoms with Gasteiger partial charge in [-0.1, -0.05) is 127 Å². The van der Waals surface area contributed by atoms with Crippen LogP contribution in [0.4, 0.5) is 17.1 Å². The van der Waals surface area contributed by atoms with Crippen LogP contribution >= 0.6 is 0 Å². The average molecular weight is 499 g/mol. The summed E-state index contributed by atoms with van der Waals surface area (Å²) < 4.78 is 8.81. The summed E-state index contributed by atoms with van der Waals surface area (Å²) in [5.41, 5.74) is 5.18. The number of hydrogen-bond acceptors (Lipinski definition) is 1. The fraction of sp³-hybridized carbons (Fsp3) is 0. The van der Waals surface area contributed by atoms with Gasteiger partial charge in [0.15, 0.2) is 0 Å². The molecule has 0 fully saturated rings. The third kappa shape index (κ3) is 4.45. The van der Waals surface area contributed by atoms with E-state index in [1.54, 1.807) is 0 Å². The van der Waals surface area contributed by atoms with Gasteiger partial charge in [-0.2, -0.15) is 0 Å². The lowest BCUT2D eigenvalue weighted by Crippen LogP contribution is -2.10. The third-order valence-corrected chi connectivity index (χ3v) is 7.31. The number of anilines is 3. The lowest BCUT2D eigenvalue weighted by Gasteiger charge is -2.27. The molecule has 1 nitrogen and oxygen atoms in total. The molecule has 39 heavy (non-hydrogen) atoms. The van der Waals surface area contributed by atoms with Crippen LogP contribution in [0.15, 0.2) is 152 Å². The van der Waals surface area contributed by atoms with Crippen molar-refractivity contribution in [2.24, 2.45) is 0 Å². The van der Waals surface area contributed by atoms with E-state index >= 15 is 0 Å². The van der Waals surface area contributed by atoms with Crippen LogP contribution < -0.4 is 4.90 Å². The summed E-state index contributed by atoms with van der Waals surface area (Å²) in [5.74, 6) is 0. The van der Waals surface area contributed by atoms with Crippen LogP contribution in [0.5, 0.6) is 0 Å². The summed E-state index contributed by atoms with van der Waals surface area (Å²) in [4.78, 5) is 2.31. The van der Waals surface area contributed by atoms with Crippen LogP contribution in [0, 0.1) is 0 Å². The SMILES string of the molecule is [2H]/C(=C\c1ccc2ccccc2c1)c1ccc(N(c2ccccc2)c2cc3ccccc3c3ccccc23)cc1. The molecule has 0 unspecified atom stereocenters. The maximum absolute atomic E-state index is 8.81. The van der Waals surface area contributed by atoms with Gasteiger partial charge in [-0.15, -0.1) is 0 Å². The number of hydrogen-bond donors (Lipinski definition) is 0. The zero-order valence-electron chi connectivity index (χ0n) is 22.5. The standard InChI is InChI=1S/C38H27N/c1-2-13-33(14-3-1)39(38-27-32-12-6-7-15-35(32)36-16-8-9-17-37(36)38)34-24-21-28(22-25-34)18-19-29-20-23-30-10-4-5-11-31(30)26-29/h1-27H/b19-18+/i18D. The maximum Gasteiger partial charge on any atom is 0.0629 e. The second-order valence-electron chi connectivity index (χ2n) is 9.78. The Kier molecular flexibility index (Phi) is 5.59. The smallest absolute Gasteiger partial charge is 0.0629 e. The van der Waals surface area contributed by atoms with Gasteiger partial charge in [0.05, 0.1) is 7.06 Å². The van der Waals surface area contributed by atoms with Crippen LogP contribution in [-0.4, -0.2) is 0 Å². The average Bonchev–Trinajstić information content (AvgIpc) is 3.02. The van der Waals surface area contributed by atoms with E-state index in [0.717, 1.165) is 28.2 Å². The maximum atomic E-state index is 8.81. The Morgan fingerprint density at radius 3 is 1.82 bits per heavy atom. The molecule has 0 saturated heterocycles. The molecular weight excluding hydrogens is 470 g/mol. The minimum absolute atomic E-state index is 0.490. The molecule has 0 aliphatic heterocycles. The Bertz CT molecular complexity index is 2010. The molecule has 0 radical (unpaired) electrons. The summed E-state index contributed by atoms with van der Waals surface area (Å²) in [6.45, 7) is 0. The quantitative estimate of drug-likeness (QED) is 0.168. The lowest BCUT2D eigenvalue weighted by atomic mass is 9.99. The van der Waals surface area contributed by atoms with E-state index in [0.29, 0.717) is 6.05 Å². The van der Waals surface area contributed by atoms with Gasteiger partial charge in [-0.05, 0) is 74.5 Å². The van der Waals surface area contributed by atoms with E-state index < -0.39 is 0 Å². The highest BCUT2D eigenvalue weighted by Crippen LogP contribution is 2.41. The molecule has 7 aromatic rings. The van der Waals surface area contributed by atoms with E-state index in [1.807, 2.05) is 30.3 Å². The van der Waals surface area contributed by atoms with Gasteiger partial charge >= 0.3 is 0 Å². The van der Waals surface area contributed by atoms with Gasteiger partial charge in [0.25, 0.3) is 0 Å². The van der Waals surface area contributed by atoms with Crippen LogP contribution in [0.25, 0.3) is 44.4 Å². The molecule has 7 aromatic carbocycles. The molecule has 0 N–H and O–H groups in total. The van der Waals surface area contributed by atoms with Gasteiger partial charge in [0.2, 0.25) is 0 Å². The summed E-state index contributed by atoms with van der Waals surface area (Å²) in [7, 11) is 0. The monoisotopic (exact) mass is 498 g/mol. The predicted octanol–water partition coefficient (Wildman–Crippen LogP) is 10.8. The Morgan fingerprint density at radius 2 is 1.03 bits per heavy atom. The number of fused-ring (bicyclic) bond motifs is 4. The molecule has 184 valence electrons. The van der Waals surface area contributed by atoms with Crippen LogP contribution in [0.3, 0.4) is 0 Å². The van der Waals surface area contributed by atoms with Gasteiger partial charge in [0, 0.05) is 16.8 Å². The summed E-state index contributed by atoms with van der Waals surface area (Å²) in [5, 5.41) is 7.29. The molecule has 7 rings (SSSR count). The topological polar surface area (TPSA) is 3.24 Å². The highest BCUT2D eigenvalue weighted by atomic mass is 15.1. The van der Waals surface area contributed by atoms with Crippen molar-refractivity contribution in [3.8, 4) is 0 Å². The van der Waals surface area contributed by atoms with Crippen molar-refractivity contribution in [2.75, 3.05) is 4.90 Å². The highest BCUT2D eigenvalue weighted by Gasteiger charge is 2.16. The van der Waals surface area contributed by atoms with E-state index in [9.17, 15) is 0 Å². The minimum Gasteiger partial charge on any atom is -0.310 e. The summed E-state index contributed by atoms with van der Waals surface area (Å²) >= 11 is 0. The molecule has 0 amide bonds. The fourth-order valence-electron chi connectivity index (χ4n) is 5.39. The van der Waals surface area contributed by atoms with Crippen molar-refractivity contribution >= 4 is 61.5 Å². The third-order valence-electron chi connectivity index (χ3n) is 7.31. The Morgan fingerprint density at radius 1 is 0.436 bits per heavy atom. The van der Waals surface area contributed by atoms with Crippen molar-refractivity contribution in [1.29, 1.82) is 0 Å². The minimum atomic E-state index is 0.490. The molecule has 1 heteroatoms.